The molecule has 0 aliphatic carbocycles. The average molecular weight is 226 g/mol. The summed E-state index contributed by atoms with van der Waals surface area (Å²) in [4.78, 5) is 10.6. The number of carbonyl (C=O) groups is 1. The fraction of sp³-hybridized carbons (Fsp3) is 0.364. The lowest BCUT2D eigenvalue weighted by molar-refractivity contribution is 0.0697. The van der Waals surface area contributed by atoms with Crippen molar-refractivity contribution in [3.8, 4) is 5.75 Å². The van der Waals surface area contributed by atoms with Crippen molar-refractivity contribution in [2.24, 2.45) is 0 Å². The van der Waals surface area contributed by atoms with Crippen LogP contribution in [0.2, 0.25) is 0 Å². The number of aromatic carboxylic acids is 1. The summed E-state index contributed by atoms with van der Waals surface area (Å²) in [5, 5.41) is 9.21. The minimum absolute atomic E-state index is 0.277. The second-order valence-corrected chi connectivity index (χ2v) is 4.82. The van der Waals surface area contributed by atoms with Crippen molar-refractivity contribution in [2.45, 2.75) is 19.1 Å². The van der Waals surface area contributed by atoms with Gasteiger partial charge in [0.15, 0.2) is 0 Å². The van der Waals surface area contributed by atoms with Crippen molar-refractivity contribution >= 4 is 17.7 Å². The van der Waals surface area contributed by atoms with Crippen molar-refractivity contribution in [1.82, 2.24) is 0 Å². The van der Waals surface area contributed by atoms with Gasteiger partial charge in [0.25, 0.3) is 0 Å². The first-order chi connectivity index (χ1) is 7.09. The van der Waals surface area contributed by atoms with E-state index in [4.69, 9.17) is 9.84 Å². The molecule has 0 fully saturated rings. The Bertz CT molecular complexity index is 319. The van der Waals surface area contributed by atoms with Crippen LogP contribution in [0.1, 0.15) is 24.2 Å². The summed E-state index contributed by atoms with van der Waals surface area (Å²) in [6.45, 7) is 4.20. The van der Waals surface area contributed by atoms with Crippen LogP contribution in [-0.2, 0) is 0 Å². The molecular formula is C11H14O3S. The quantitative estimate of drug-likeness (QED) is 0.784. The first-order valence-corrected chi connectivity index (χ1v) is 5.72. The van der Waals surface area contributed by atoms with Gasteiger partial charge in [0, 0.05) is 5.25 Å². The van der Waals surface area contributed by atoms with E-state index in [1.54, 1.807) is 23.9 Å². The maximum Gasteiger partial charge on any atom is 0.335 e. The highest BCUT2D eigenvalue weighted by Gasteiger charge is 2.02. The SMILES string of the molecule is CC(C)SCOc1ccc(C(=O)O)cc1. The van der Waals surface area contributed by atoms with E-state index in [1.165, 1.54) is 12.1 Å². The largest absolute Gasteiger partial charge is 0.483 e. The minimum atomic E-state index is -0.918. The lowest BCUT2D eigenvalue weighted by Gasteiger charge is -2.07. The molecular weight excluding hydrogens is 212 g/mol. The monoisotopic (exact) mass is 226 g/mol. The van der Waals surface area contributed by atoms with E-state index in [0.29, 0.717) is 16.9 Å². The minimum Gasteiger partial charge on any atom is -0.483 e. The fourth-order valence-electron chi connectivity index (χ4n) is 0.932. The van der Waals surface area contributed by atoms with Gasteiger partial charge in [-0.2, -0.15) is 0 Å². The highest BCUT2D eigenvalue weighted by Crippen LogP contribution is 2.16. The van der Waals surface area contributed by atoms with Crippen LogP contribution in [0, 0.1) is 0 Å². The highest BCUT2D eigenvalue weighted by molar-refractivity contribution is 7.99. The number of thioether (sulfide) groups is 1. The summed E-state index contributed by atoms with van der Waals surface area (Å²) in [5.74, 6) is 0.371. The van der Waals surface area contributed by atoms with Crippen molar-refractivity contribution < 1.29 is 14.6 Å². The van der Waals surface area contributed by atoms with Crippen LogP contribution >= 0.6 is 11.8 Å². The molecule has 1 aromatic carbocycles. The molecule has 0 amide bonds. The van der Waals surface area contributed by atoms with Gasteiger partial charge in [-0.15, -0.1) is 11.8 Å². The number of carboxylic acids is 1. The van der Waals surface area contributed by atoms with E-state index in [0.717, 1.165) is 0 Å². The van der Waals surface area contributed by atoms with Crippen molar-refractivity contribution in [3.63, 3.8) is 0 Å². The van der Waals surface area contributed by atoms with E-state index in [-0.39, 0.29) is 5.56 Å². The molecule has 0 aliphatic heterocycles. The predicted molar refractivity (Wildman–Crippen MR) is 61.6 cm³/mol. The molecule has 1 N–H and O–H groups in total. The molecule has 0 spiro atoms. The average Bonchev–Trinajstić information content (AvgIpc) is 2.18. The van der Waals surface area contributed by atoms with E-state index in [9.17, 15) is 4.79 Å². The molecule has 1 aromatic rings. The summed E-state index contributed by atoms with van der Waals surface area (Å²) in [6, 6.07) is 6.42. The molecule has 0 radical (unpaired) electrons. The van der Waals surface area contributed by atoms with E-state index in [1.807, 2.05) is 0 Å². The van der Waals surface area contributed by atoms with E-state index < -0.39 is 5.97 Å². The second-order valence-electron chi connectivity index (χ2n) is 3.31. The molecule has 4 heteroatoms. The number of hydrogen-bond acceptors (Lipinski definition) is 3. The zero-order chi connectivity index (χ0) is 11.3. The first-order valence-electron chi connectivity index (χ1n) is 4.67. The first kappa shape index (κ1) is 11.9. The lowest BCUT2D eigenvalue weighted by atomic mass is 10.2. The summed E-state index contributed by atoms with van der Waals surface area (Å²) in [5.41, 5.74) is 0.277. The molecule has 0 unspecified atom stereocenters. The molecule has 0 saturated heterocycles. The van der Waals surface area contributed by atoms with Crippen molar-refractivity contribution in [2.75, 3.05) is 5.94 Å². The summed E-state index contributed by atoms with van der Waals surface area (Å²) < 4.78 is 5.42. The third kappa shape index (κ3) is 4.25. The Labute approximate surface area is 93.4 Å². The molecule has 0 aliphatic rings. The summed E-state index contributed by atoms with van der Waals surface area (Å²) >= 11 is 1.70. The van der Waals surface area contributed by atoms with Crippen LogP contribution < -0.4 is 4.74 Å². The van der Waals surface area contributed by atoms with Gasteiger partial charge in [-0.05, 0) is 24.3 Å². The van der Waals surface area contributed by atoms with Gasteiger partial charge in [-0.25, -0.2) is 4.79 Å². The van der Waals surface area contributed by atoms with E-state index >= 15 is 0 Å². The number of hydrogen-bond donors (Lipinski definition) is 1. The number of ether oxygens (including phenoxy) is 1. The maximum absolute atomic E-state index is 10.6. The zero-order valence-corrected chi connectivity index (χ0v) is 9.58. The molecule has 0 heterocycles. The van der Waals surface area contributed by atoms with Crippen LogP contribution in [0.25, 0.3) is 0 Å². The smallest absolute Gasteiger partial charge is 0.335 e. The van der Waals surface area contributed by atoms with Gasteiger partial charge in [0.2, 0.25) is 0 Å². The molecule has 0 atom stereocenters. The van der Waals surface area contributed by atoms with Gasteiger partial charge in [0.05, 0.1) is 5.56 Å². The molecule has 15 heavy (non-hydrogen) atoms. The normalized spacial score (nSPS) is 10.3. The Hall–Kier alpha value is -1.16. The van der Waals surface area contributed by atoms with E-state index in [2.05, 4.69) is 13.8 Å². The Morgan fingerprint density at radius 3 is 2.47 bits per heavy atom. The number of rotatable bonds is 5. The van der Waals surface area contributed by atoms with Crippen LogP contribution in [0.5, 0.6) is 5.75 Å². The maximum atomic E-state index is 10.6. The van der Waals surface area contributed by atoms with Gasteiger partial charge < -0.3 is 9.84 Å². The fourth-order valence-corrected chi connectivity index (χ4v) is 1.41. The Kier molecular flexibility index (Phi) is 4.49. The molecule has 0 aromatic heterocycles. The Morgan fingerprint density at radius 2 is 2.00 bits per heavy atom. The second kappa shape index (κ2) is 5.66. The van der Waals surface area contributed by atoms with Gasteiger partial charge in [0.1, 0.15) is 11.7 Å². The summed E-state index contributed by atoms with van der Waals surface area (Å²) in [7, 11) is 0. The molecule has 0 bridgehead atoms. The van der Waals surface area contributed by atoms with Crippen molar-refractivity contribution in [1.29, 1.82) is 0 Å². The molecule has 82 valence electrons. The Balaban J connectivity index is 2.46. The third-order valence-electron chi connectivity index (χ3n) is 1.73. The van der Waals surface area contributed by atoms with Crippen LogP contribution in [-0.4, -0.2) is 22.3 Å². The number of benzene rings is 1. The van der Waals surface area contributed by atoms with Crippen LogP contribution in [0.15, 0.2) is 24.3 Å². The van der Waals surface area contributed by atoms with Gasteiger partial charge >= 0.3 is 5.97 Å². The Morgan fingerprint density at radius 1 is 1.40 bits per heavy atom. The van der Waals surface area contributed by atoms with Crippen LogP contribution in [0.4, 0.5) is 0 Å². The van der Waals surface area contributed by atoms with Crippen molar-refractivity contribution in [3.05, 3.63) is 29.8 Å². The third-order valence-corrected chi connectivity index (χ3v) is 2.65. The van der Waals surface area contributed by atoms with Gasteiger partial charge in [-0.3, -0.25) is 0 Å². The molecule has 0 saturated carbocycles. The molecule has 3 nitrogen and oxygen atoms in total. The zero-order valence-electron chi connectivity index (χ0n) is 8.77. The molecule has 1 rings (SSSR count). The predicted octanol–water partition coefficient (Wildman–Crippen LogP) is 2.86. The summed E-state index contributed by atoms with van der Waals surface area (Å²) in [6.07, 6.45) is 0. The van der Waals surface area contributed by atoms with Crippen LogP contribution in [0.3, 0.4) is 0 Å². The standard InChI is InChI=1S/C11H14O3S/c1-8(2)15-7-14-10-5-3-9(4-6-10)11(12)13/h3-6,8H,7H2,1-2H3,(H,12,13). The highest BCUT2D eigenvalue weighted by atomic mass is 32.2. The topological polar surface area (TPSA) is 46.5 Å². The van der Waals surface area contributed by atoms with Gasteiger partial charge in [-0.1, -0.05) is 13.8 Å². The lowest BCUT2D eigenvalue weighted by Crippen LogP contribution is -1.99. The number of carboxylic acid groups (broad SMARTS) is 1.